The molecule has 6 nitrogen and oxygen atoms in total. The summed E-state index contributed by atoms with van der Waals surface area (Å²) in [6.45, 7) is 1.93. The Hall–Kier alpha value is -0.660. The second kappa shape index (κ2) is 3.84. The molecule has 1 heterocycles. The van der Waals surface area contributed by atoms with E-state index < -0.39 is 27.2 Å². The van der Waals surface area contributed by atoms with Gasteiger partial charge in [0.05, 0.1) is 5.25 Å². The predicted molar refractivity (Wildman–Crippen MR) is 51.7 cm³/mol. The first-order valence-corrected chi connectivity index (χ1v) is 5.91. The first-order valence-electron chi connectivity index (χ1n) is 4.41. The second-order valence-corrected chi connectivity index (χ2v) is 5.71. The van der Waals surface area contributed by atoms with E-state index in [0.29, 0.717) is 13.0 Å². The van der Waals surface area contributed by atoms with Crippen LogP contribution in [0, 0.1) is 0 Å². The van der Waals surface area contributed by atoms with Gasteiger partial charge in [0.1, 0.15) is 6.04 Å². The Balaban J connectivity index is 2.80. The fourth-order valence-corrected chi connectivity index (χ4v) is 2.93. The first kappa shape index (κ1) is 11.4. The lowest BCUT2D eigenvalue weighted by molar-refractivity contribution is -0.124. The zero-order valence-corrected chi connectivity index (χ0v) is 8.83. The molecule has 82 valence electrons. The van der Waals surface area contributed by atoms with Crippen molar-refractivity contribution in [2.75, 3.05) is 13.1 Å². The smallest absolute Gasteiger partial charge is 0.235 e. The molecule has 1 rings (SSSR count). The Morgan fingerprint density at radius 1 is 1.64 bits per heavy atom. The van der Waals surface area contributed by atoms with E-state index in [1.165, 1.54) is 6.92 Å². The third-order valence-corrected chi connectivity index (χ3v) is 4.77. The zero-order chi connectivity index (χ0) is 10.9. The van der Waals surface area contributed by atoms with Crippen molar-refractivity contribution in [1.29, 1.82) is 0 Å². The van der Waals surface area contributed by atoms with Gasteiger partial charge in [0.2, 0.25) is 15.9 Å². The molecule has 1 saturated heterocycles. The van der Waals surface area contributed by atoms with Crippen molar-refractivity contribution in [3.05, 3.63) is 0 Å². The van der Waals surface area contributed by atoms with Crippen LogP contribution in [0.25, 0.3) is 0 Å². The molecule has 2 unspecified atom stereocenters. The highest BCUT2D eigenvalue weighted by Gasteiger charge is 2.42. The van der Waals surface area contributed by atoms with Gasteiger partial charge in [-0.3, -0.25) is 4.79 Å². The lowest BCUT2D eigenvalue weighted by Crippen LogP contribution is -2.59. The number of carbonyl (C=O) groups is 1. The van der Waals surface area contributed by atoms with Crippen molar-refractivity contribution < 1.29 is 13.2 Å². The Bertz CT molecular complexity index is 327. The van der Waals surface area contributed by atoms with Gasteiger partial charge in [-0.25, -0.2) is 8.42 Å². The summed E-state index contributed by atoms with van der Waals surface area (Å²) < 4.78 is 24.5. The van der Waals surface area contributed by atoms with E-state index in [-0.39, 0.29) is 6.54 Å². The Kier molecular flexibility index (Phi) is 3.13. The summed E-state index contributed by atoms with van der Waals surface area (Å²) in [6, 6.07) is -0.672. The van der Waals surface area contributed by atoms with Crippen LogP contribution in [0.2, 0.25) is 0 Å². The minimum atomic E-state index is -3.44. The number of hydrogen-bond donors (Lipinski definition) is 2. The highest BCUT2D eigenvalue weighted by Crippen LogP contribution is 2.23. The number of primary amides is 1. The van der Waals surface area contributed by atoms with Gasteiger partial charge in [0.15, 0.2) is 0 Å². The largest absolute Gasteiger partial charge is 0.368 e. The number of nitrogens with two attached hydrogens (primary N) is 2. The number of rotatable bonds is 4. The van der Waals surface area contributed by atoms with Crippen molar-refractivity contribution in [1.82, 2.24) is 4.31 Å². The van der Waals surface area contributed by atoms with E-state index in [9.17, 15) is 13.2 Å². The molecule has 4 N–H and O–H groups in total. The van der Waals surface area contributed by atoms with E-state index in [1.54, 1.807) is 0 Å². The van der Waals surface area contributed by atoms with E-state index in [1.807, 2.05) is 0 Å². The number of sulfonamides is 1. The molecule has 14 heavy (non-hydrogen) atoms. The van der Waals surface area contributed by atoms with Crippen molar-refractivity contribution in [2.24, 2.45) is 11.5 Å². The summed E-state index contributed by atoms with van der Waals surface area (Å²) in [5, 5.41) is -0.662. The van der Waals surface area contributed by atoms with Crippen LogP contribution in [0.4, 0.5) is 0 Å². The number of carbonyl (C=O) groups excluding carboxylic acids is 1. The third-order valence-electron chi connectivity index (χ3n) is 2.47. The number of hydrogen-bond acceptors (Lipinski definition) is 4. The molecule has 0 aromatic carbocycles. The Labute approximate surface area is 83.3 Å². The van der Waals surface area contributed by atoms with Gasteiger partial charge in [-0.1, -0.05) is 0 Å². The monoisotopic (exact) mass is 221 g/mol. The van der Waals surface area contributed by atoms with Gasteiger partial charge in [0.25, 0.3) is 0 Å². The first-order chi connectivity index (χ1) is 6.41. The molecule has 0 aromatic heterocycles. The standard InChI is InChI=1S/C7H15N3O3S/c1-5(4-8)14(12,13)10-3-2-6(10)7(9)11/h5-6H,2-4,8H2,1H3,(H2,9,11). The van der Waals surface area contributed by atoms with E-state index in [0.717, 1.165) is 4.31 Å². The molecule has 7 heteroatoms. The molecule has 2 atom stereocenters. The molecule has 0 aliphatic carbocycles. The lowest BCUT2D eigenvalue weighted by Gasteiger charge is -2.38. The summed E-state index contributed by atoms with van der Waals surface area (Å²) in [4.78, 5) is 10.8. The van der Waals surface area contributed by atoms with Gasteiger partial charge in [-0.2, -0.15) is 4.31 Å². The molecular formula is C7H15N3O3S. The summed E-state index contributed by atoms with van der Waals surface area (Å²) in [7, 11) is -3.44. The third kappa shape index (κ3) is 1.75. The average molecular weight is 221 g/mol. The molecule has 1 fully saturated rings. The number of amides is 1. The SMILES string of the molecule is CC(CN)S(=O)(=O)N1CCC1C(N)=O. The van der Waals surface area contributed by atoms with Crippen molar-refractivity contribution >= 4 is 15.9 Å². The molecule has 1 aliphatic rings. The van der Waals surface area contributed by atoms with E-state index in [4.69, 9.17) is 11.5 Å². The predicted octanol–water partition coefficient (Wildman–Crippen LogP) is -1.78. The van der Waals surface area contributed by atoms with Gasteiger partial charge >= 0.3 is 0 Å². The minimum Gasteiger partial charge on any atom is -0.368 e. The van der Waals surface area contributed by atoms with Gasteiger partial charge < -0.3 is 11.5 Å². The molecule has 1 aliphatic heterocycles. The maximum Gasteiger partial charge on any atom is 0.235 e. The van der Waals surface area contributed by atoms with Crippen LogP contribution in [0.5, 0.6) is 0 Å². The summed E-state index contributed by atoms with van der Waals surface area (Å²) in [5.41, 5.74) is 10.3. The second-order valence-electron chi connectivity index (χ2n) is 3.41. The van der Waals surface area contributed by atoms with E-state index >= 15 is 0 Å². The zero-order valence-electron chi connectivity index (χ0n) is 8.01. The van der Waals surface area contributed by atoms with Crippen LogP contribution in [0.3, 0.4) is 0 Å². The molecule has 0 radical (unpaired) electrons. The summed E-state index contributed by atoms with van der Waals surface area (Å²) in [6.07, 6.45) is 0.506. The molecule has 0 spiro atoms. The average Bonchev–Trinajstić information content (AvgIpc) is 1.98. The van der Waals surface area contributed by atoms with Crippen LogP contribution in [0.1, 0.15) is 13.3 Å². The fourth-order valence-electron chi connectivity index (χ4n) is 1.31. The highest BCUT2D eigenvalue weighted by molar-refractivity contribution is 7.89. The number of nitrogens with zero attached hydrogens (tertiary/aromatic N) is 1. The fraction of sp³-hybridized carbons (Fsp3) is 0.857. The maximum atomic E-state index is 11.7. The molecule has 0 aromatic rings. The van der Waals surface area contributed by atoms with E-state index in [2.05, 4.69) is 0 Å². The van der Waals surface area contributed by atoms with Crippen LogP contribution in [-0.4, -0.2) is 43.0 Å². The van der Waals surface area contributed by atoms with Gasteiger partial charge in [-0.05, 0) is 13.3 Å². The molecule has 0 bridgehead atoms. The highest BCUT2D eigenvalue weighted by atomic mass is 32.2. The van der Waals surface area contributed by atoms with Crippen LogP contribution in [0.15, 0.2) is 0 Å². The Morgan fingerprint density at radius 2 is 2.21 bits per heavy atom. The maximum absolute atomic E-state index is 11.7. The normalized spacial score (nSPS) is 25.4. The molecule has 1 amide bonds. The minimum absolute atomic E-state index is 0.0459. The van der Waals surface area contributed by atoms with Gasteiger partial charge in [-0.15, -0.1) is 0 Å². The quantitative estimate of drug-likeness (QED) is 0.585. The van der Waals surface area contributed by atoms with Crippen molar-refractivity contribution in [3.8, 4) is 0 Å². The van der Waals surface area contributed by atoms with Crippen LogP contribution < -0.4 is 11.5 Å². The molecular weight excluding hydrogens is 206 g/mol. The topological polar surface area (TPSA) is 106 Å². The van der Waals surface area contributed by atoms with Crippen molar-refractivity contribution in [3.63, 3.8) is 0 Å². The van der Waals surface area contributed by atoms with Crippen LogP contribution in [-0.2, 0) is 14.8 Å². The summed E-state index contributed by atoms with van der Waals surface area (Å²) >= 11 is 0. The molecule has 0 saturated carbocycles. The van der Waals surface area contributed by atoms with Crippen molar-refractivity contribution in [2.45, 2.75) is 24.6 Å². The van der Waals surface area contributed by atoms with Crippen LogP contribution >= 0.6 is 0 Å². The van der Waals surface area contributed by atoms with Gasteiger partial charge in [0, 0.05) is 13.1 Å². The Morgan fingerprint density at radius 3 is 2.50 bits per heavy atom. The lowest BCUT2D eigenvalue weighted by atomic mass is 10.1. The summed E-state index contributed by atoms with van der Waals surface area (Å²) in [5.74, 6) is -0.593.